The van der Waals surface area contributed by atoms with Crippen molar-refractivity contribution >= 4 is 53.3 Å². The summed E-state index contributed by atoms with van der Waals surface area (Å²) in [6.07, 6.45) is 0. The third kappa shape index (κ3) is 4.03. The van der Waals surface area contributed by atoms with E-state index < -0.39 is 0 Å². The normalized spacial score (nSPS) is 11.4. The lowest BCUT2D eigenvalue weighted by Crippen LogP contribution is -1.91. The Morgan fingerprint density at radius 2 is 1.02 bits per heavy atom. The van der Waals surface area contributed by atoms with Gasteiger partial charge in [0.05, 0.1) is 34.1 Å². The van der Waals surface area contributed by atoms with Crippen molar-refractivity contribution in [2.24, 2.45) is 0 Å². The van der Waals surface area contributed by atoms with Gasteiger partial charge in [0.25, 0.3) is 0 Å². The first-order chi connectivity index (χ1) is 20.2. The maximum absolute atomic E-state index is 9.14. The number of hydrogen-bond donors (Lipinski definition) is 0. The molecule has 8 rings (SSSR count). The molecular formula is C37H21N3S. The van der Waals surface area contributed by atoms with Gasteiger partial charge >= 0.3 is 0 Å². The summed E-state index contributed by atoms with van der Waals surface area (Å²) in [5, 5.41) is 13.9. The van der Waals surface area contributed by atoms with Crippen LogP contribution in [0.3, 0.4) is 0 Å². The number of pyridine rings is 2. The minimum absolute atomic E-state index is 0.637. The van der Waals surface area contributed by atoms with Gasteiger partial charge in [0, 0.05) is 42.1 Å². The van der Waals surface area contributed by atoms with Crippen LogP contribution >= 0.6 is 11.3 Å². The molecule has 0 bridgehead atoms. The average molecular weight is 540 g/mol. The van der Waals surface area contributed by atoms with Crippen molar-refractivity contribution in [2.75, 3.05) is 0 Å². The maximum atomic E-state index is 9.14. The second-order valence-electron chi connectivity index (χ2n) is 10.2. The Hall–Kier alpha value is -5.37. The Labute approximate surface area is 240 Å². The third-order valence-corrected chi connectivity index (χ3v) is 8.87. The highest BCUT2D eigenvalue weighted by Crippen LogP contribution is 2.37. The number of thiophene rings is 1. The molecule has 5 aromatic carbocycles. The van der Waals surface area contributed by atoms with E-state index in [2.05, 4.69) is 103 Å². The van der Waals surface area contributed by atoms with Crippen LogP contribution in [0.5, 0.6) is 0 Å². The predicted octanol–water partition coefficient (Wildman–Crippen LogP) is 10.0. The van der Waals surface area contributed by atoms with Gasteiger partial charge in [-0.15, -0.1) is 11.3 Å². The summed E-state index contributed by atoms with van der Waals surface area (Å²) in [7, 11) is 0. The molecule has 0 atom stereocenters. The zero-order valence-electron chi connectivity index (χ0n) is 21.9. The van der Waals surface area contributed by atoms with Crippen molar-refractivity contribution in [1.29, 1.82) is 5.26 Å². The van der Waals surface area contributed by atoms with E-state index >= 15 is 0 Å². The highest BCUT2D eigenvalue weighted by Gasteiger charge is 2.10. The lowest BCUT2D eigenvalue weighted by molar-refractivity contribution is 1.36. The van der Waals surface area contributed by atoms with Gasteiger partial charge in [-0.05, 0) is 53.6 Å². The standard InChI is InChI=1S/C37H21N3S/c38-22-23-5-7-25(8-6-23)32-18-15-27-13-14-28-16-19-33(40-37(28)36(27)39-32)26-11-9-24(10-12-26)29-17-20-35-31(21-29)30-3-1-2-4-34(30)41-35/h1-21H. The second-order valence-corrected chi connectivity index (χ2v) is 11.3. The summed E-state index contributed by atoms with van der Waals surface area (Å²) in [4.78, 5) is 10.1. The zero-order chi connectivity index (χ0) is 27.3. The number of aromatic nitrogens is 2. The quantitative estimate of drug-likeness (QED) is 0.210. The predicted molar refractivity (Wildman–Crippen MR) is 171 cm³/mol. The van der Waals surface area contributed by atoms with Gasteiger partial charge in [-0.25, -0.2) is 9.97 Å². The van der Waals surface area contributed by atoms with Crippen molar-refractivity contribution < 1.29 is 0 Å². The molecule has 0 saturated carbocycles. The Morgan fingerprint density at radius 3 is 1.68 bits per heavy atom. The zero-order valence-corrected chi connectivity index (χ0v) is 22.7. The fourth-order valence-corrected chi connectivity index (χ4v) is 6.63. The summed E-state index contributed by atoms with van der Waals surface area (Å²) >= 11 is 1.84. The first-order valence-electron chi connectivity index (χ1n) is 13.5. The molecule has 4 heteroatoms. The van der Waals surface area contributed by atoms with Gasteiger partial charge < -0.3 is 0 Å². The fraction of sp³-hybridized carbons (Fsp3) is 0. The number of fused-ring (bicyclic) bond motifs is 6. The van der Waals surface area contributed by atoms with Gasteiger partial charge in [-0.2, -0.15) is 5.26 Å². The minimum atomic E-state index is 0.637. The van der Waals surface area contributed by atoms with E-state index in [0.29, 0.717) is 5.56 Å². The van der Waals surface area contributed by atoms with Crippen LogP contribution in [0.1, 0.15) is 5.56 Å². The summed E-state index contributed by atoms with van der Waals surface area (Å²) < 4.78 is 2.64. The molecule has 3 heterocycles. The van der Waals surface area contributed by atoms with E-state index in [4.69, 9.17) is 15.2 Å². The summed E-state index contributed by atoms with van der Waals surface area (Å²) in [5.74, 6) is 0. The molecule has 190 valence electrons. The number of nitriles is 1. The molecule has 8 aromatic rings. The van der Waals surface area contributed by atoms with E-state index in [1.165, 1.54) is 31.3 Å². The van der Waals surface area contributed by atoms with Crippen molar-refractivity contribution in [1.82, 2.24) is 9.97 Å². The van der Waals surface area contributed by atoms with Gasteiger partial charge in [0.2, 0.25) is 0 Å². The number of hydrogen-bond acceptors (Lipinski definition) is 4. The molecule has 0 amide bonds. The molecule has 3 nitrogen and oxygen atoms in total. The third-order valence-electron chi connectivity index (χ3n) is 7.72. The highest BCUT2D eigenvalue weighted by atomic mass is 32.1. The average Bonchev–Trinajstić information content (AvgIpc) is 3.42. The summed E-state index contributed by atoms with van der Waals surface area (Å²) in [6.45, 7) is 0. The molecule has 0 unspecified atom stereocenters. The molecule has 0 N–H and O–H groups in total. The molecular weight excluding hydrogens is 518 g/mol. The molecule has 0 radical (unpaired) electrons. The van der Waals surface area contributed by atoms with Gasteiger partial charge in [-0.1, -0.05) is 84.9 Å². The highest BCUT2D eigenvalue weighted by molar-refractivity contribution is 7.25. The van der Waals surface area contributed by atoms with Crippen LogP contribution in [-0.4, -0.2) is 9.97 Å². The number of benzene rings is 5. The van der Waals surface area contributed by atoms with Crippen LogP contribution in [0, 0.1) is 11.3 Å². The Balaban J connectivity index is 1.18. The minimum Gasteiger partial charge on any atom is -0.245 e. The van der Waals surface area contributed by atoms with E-state index in [0.717, 1.165) is 44.3 Å². The van der Waals surface area contributed by atoms with Crippen LogP contribution in [0.25, 0.3) is 75.6 Å². The Bertz CT molecular complexity index is 2310. The number of rotatable bonds is 3. The molecule has 0 aliphatic rings. The molecule has 0 saturated heterocycles. The van der Waals surface area contributed by atoms with Gasteiger partial charge in [0.1, 0.15) is 0 Å². The van der Waals surface area contributed by atoms with Crippen LogP contribution in [0.2, 0.25) is 0 Å². The topological polar surface area (TPSA) is 49.6 Å². The monoisotopic (exact) mass is 539 g/mol. The van der Waals surface area contributed by atoms with Gasteiger partial charge in [-0.3, -0.25) is 0 Å². The van der Waals surface area contributed by atoms with Crippen molar-refractivity contribution in [3.63, 3.8) is 0 Å². The lowest BCUT2D eigenvalue weighted by atomic mass is 10.0. The smallest absolute Gasteiger partial charge is 0.0991 e. The first kappa shape index (κ1) is 23.5. The molecule has 0 aliphatic carbocycles. The molecule has 0 spiro atoms. The lowest BCUT2D eigenvalue weighted by Gasteiger charge is -2.09. The molecule has 0 fully saturated rings. The van der Waals surface area contributed by atoms with Crippen LogP contribution < -0.4 is 0 Å². The Morgan fingerprint density at radius 1 is 0.488 bits per heavy atom. The van der Waals surface area contributed by atoms with Gasteiger partial charge in [0.15, 0.2) is 0 Å². The van der Waals surface area contributed by atoms with Crippen molar-refractivity contribution in [3.8, 4) is 39.7 Å². The maximum Gasteiger partial charge on any atom is 0.0991 e. The van der Waals surface area contributed by atoms with Crippen LogP contribution in [0.4, 0.5) is 0 Å². The van der Waals surface area contributed by atoms with Crippen molar-refractivity contribution in [3.05, 3.63) is 133 Å². The SMILES string of the molecule is N#Cc1ccc(-c2ccc3ccc4ccc(-c5ccc(-c6ccc7sc8ccccc8c7c6)cc5)nc4c3n2)cc1. The summed E-state index contributed by atoms with van der Waals surface area (Å²) in [5.41, 5.74) is 8.62. The first-order valence-corrected chi connectivity index (χ1v) is 14.3. The molecule has 0 aliphatic heterocycles. The van der Waals surface area contributed by atoms with Crippen molar-refractivity contribution in [2.45, 2.75) is 0 Å². The fourth-order valence-electron chi connectivity index (χ4n) is 5.54. The second kappa shape index (κ2) is 9.38. The number of nitrogens with zero attached hydrogens (tertiary/aromatic N) is 3. The van der Waals surface area contributed by atoms with E-state index in [-0.39, 0.29) is 0 Å². The largest absolute Gasteiger partial charge is 0.245 e. The van der Waals surface area contributed by atoms with E-state index in [1.807, 2.05) is 41.7 Å². The molecule has 41 heavy (non-hydrogen) atoms. The summed E-state index contributed by atoms with van der Waals surface area (Å²) in [6, 6.07) is 46.3. The van der Waals surface area contributed by atoms with E-state index in [1.54, 1.807) is 0 Å². The van der Waals surface area contributed by atoms with Crippen LogP contribution in [-0.2, 0) is 0 Å². The van der Waals surface area contributed by atoms with Crippen LogP contribution in [0.15, 0.2) is 127 Å². The van der Waals surface area contributed by atoms with E-state index in [9.17, 15) is 0 Å². The molecule has 3 aromatic heterocycles. The Kier molecular flexibility index (Phi) is 5.38.